The highest BCUT2D eigenvalue weighted by Gasteiger charge is 2.20. The van der Waals surface area contributed by atoms with Gasteiger partial charge in [-0.1, -0.05) is 356 Å². The van der Waals surface area contributed by atoms with Crippen LogP contribution >= 0.6 is 0 Å². The van der Waals surface area contributed by atoms with Gasteiger partial charge in [-0.2, -0.15) is 0 Å². The quantitative estimate of drug-likeness (QED) is 0.145. The second kappa shape index (κ2) is 36.1. The van der Waals surface area contributed by atoms with Crippen molar-refractivity contribution in [1.82, 2.24) is 27.4 Å². The number of aryl methyl sites for hydroxylation is 6. The molecule has 6 nitrogen and oxygen atoms in total. The summed E-state index contributed by atoms with van der Waals surface area (Å²) >= 11 is 0. The van der Waals surface area contributed by atoms with Crippen molar-refractivity contribution in [1.29, 1.82) is 0 Å². The van der Waals surface area contributed by atoms with Crippen LogP contribution in [0.4, 0.5) is 0 Å². The normalized spacial score (nSPS) is 11.3. The third-order valence-electron chi connectivity index (χ3n) is 25.6. The molecule has 6 heteroatoms. The van der Waals surface area contributed by atoms with Gasteiger partial charge in [0.25, 0.3) is 0 Å². The average molecular weight is 1700 g/mol. The highest BCUT2D eigenvalue weighted by atomic mass is 15.0. The van der Waals surface area contributed by atoms with Crippen molar-refractivity contribution in [3.8, 4) is 56.4 Å². The number of nitrogens with zero attached hydrogens (tertiary/aromatic N) is 6. The number of aromatic nitrogens is 6. The minimum atomic E-state index is 1.19. The fraction of sp³-hybridized carbons (Fsp3) is 0.0476. The molecule has 0 unspecified atom stereocenters. The van der Waals surface area contributed by atoms with Crippen LogP contribution in [0.3, 0.4) is 0 Å². The topological polar surface area (TPSA) is 29.6 Å². The SMILES string of the molecule is Cc1ccc(-c2ccc3c4ccccc4n(-c4ccccc4)c3c2)cc1.Cc1ccc2c(c1)c1ccccc1n2-c1ccccc1.Cc1ccc2c3ccccc3n(-c3ccccc3)c2c1.Cc1cccc(-c2ccc3c4ccccc4n(-c4ccccc4)c3c2)c1.Cc1cccc2c1c1ccccc1n2-c1ccccc1.Cc1cccc2c3ccccc3n(-c3ccccc3)c12. The predicted molar refractivity (Wildman–Crippen MR) is 564 cm³/mol. The summed E-state index contributed by atoms with van der Waals surface area (Å²) in [5.41, 5.74) is 35.2. The van der Waals surface area contributed by atoms with E-state index in [9.17, 15) is 0 Å². The van der Waals surface area contributed by atoms with E-state index in [-0.39, 0.29) is 0 Å². The van der Waals surface area contributed by atoms with E-state index in [1.165, 1.54) is 221 Å². The first-order valence-corrected chi connectivity index (χ1v) is 45.5. The lowest BCUT2D eigenvalue weighted by atomic mass is 10.0. The second-order valence-electron chi connectivity index (χ2n) is 34.3. The van der Waals surface area contributed by atoms with Crippen molar-refractivity contribution in [2.24, 2.45) is 0 Å². The number of rotatable bonds is 8. The zero-order valence-corrected chi connectivity index (χ0v) is 74.9. The molecule has 632 valence electrons. The van der Waals surface area contributed by atoms with Crippen molar-refractivity contribution in [2.45, 2.75) is 41.5 Å². The number of fused-ring (bicyclic) bond motifs is 18. The fourth-order valence-electron chi connectivity index (χ4n) is 19.5. The minimum Gasteiger partial charge on any atom is -0.309 e. The molecular weight excluding hydrogens is 1600 g/mol. The molecule has 26 aromatic rings. The molecule has 0 saturated carbocycles. The lowest BCUT2D eigenvalue weighted by Gasteiger charge is -2.09. The summed E-state index contributed by atoms with van der Waals surface area (Å²) in [6.45, 7) is 12.9. The smallest absolute Gasteiger partial charge is 0.0570 e. The van der Waals surface area contributed by atoms with Gasteiger partial charge >= 0.3 is 0 Å². The lowest BCUT2D eigenvalue weighted by molar-refractivity contribution is 1.17. The molecular formula is C126H98N6. The van der Waals surface area contributed by atoms with Crippen LogP contribution in [-0.2, 0) is 0 Å². The maximum atomic E-state index is 2.37. The van der Waals surface area contributed by atoms with Gasteiger partial charge in [0.2, 0.25) is 0 Å². The molecule has 0 aliphatic carbocycles. The molecule has 0 aliphatic rings. The molecule has 0 atom stereocenters. The van der Waals surface area contributed by atoms with E-state index in [4.69, 9.17) is 0 Å². The highest BCUT2D eigenvalue weighted by molar-refractivity contribution is 6.15. The Morgan fingerprint density at radius 2 is 0.394 bits per heavy atom. The Morgan fingerprint density at radius 1 is 0.129 bits per heavy atom. The van der Waals surface area contributed by atoms with Gasteiger partial charge in [0.15, 0.2) is 0 Å². The molecule has 0 amide bonds. The third-order valence-corrected chi connectivity index (χ3v) is 25.6. The molecule has 0 spiro atoms. The first kappa shape index (κ1) is 82.2. The maximum Gasteiger partial charge on any atom is 0.0570 e. The van der Waals surface area contributed by atoms with E-state index in [2.05, 4.69) is 554 Å². The van der Waals surface area contributed by atoms with Crippen LogP contribution in [0.15, 0.2) is 485 Å². The molecule has 26 rings (SSSR count). The molecule has 0 aliphatic heterocycles. The van der Waals surface area contributed by atoms with E-state index >= 15 is 0 Å². The summed E-state index contributed by atoms with van der Waals surface area (Å²) in [5, 5.41) is 15.8. The monoisotopic (exact) mass is 1690 g/mol. The van der Waals surface area contributed by atoms with E-state index < -0.39 is 0 Å². The van der Waals surface area contributed by atoms with Crippen LogP contribution in [0, 0.1) is 41.5 Å². The summed E-state index contributed by atoms with van der Waals surface area (Å²) in [6, 6.07) is 173. The molecule has 0 fully saturated rings. The van der Waals surface area contributed by atoms with E-state index in [0.29, 0.717) is 0 Å². The number of benzene rings is 20. The molecule has 6 aromatic heterocycles. The Hall–Kier alpha value is -16.8. The van der Waals surface area contributed by atoms with Crippen molar-refractivity contribution in [2.75, 3.05) is 0 Å². The van der Waals surface area contributed by atoms with Crippen LogP contribution in [0.1, 0.15) is 33.4 Å². The Bertz CT molecular complexity index is 8600. The number of hydrogen-bond donors (Lipinski definition) is 0. The molecule has 132 heavy (non-hydrogen) atoms. The average Bonchev–Trinajstić information content (AvgIpc) is 1.58. The van der Waals surface area contributed by atoms with Gasteiger partial charge in [-0.25, -0.2) is 0 Å². The third kappa shape index (κ3) is 15.7. The molecule has 0 N–H and O–H groups in total. The van der Waals surface area contributed by atoms with Gasteiger partial charge < -0.3 is 27.4 Å². The fourth-order valence-corrected chi connectivity index (χ4v) is 19.5. The van der Waals surface area contributed by atoms with Gasteiger partial charge in [-0.3, -0.25) is 0 Å². The van der Waals surface area contributed by atoms with Crippen molar-refractivity contribution >= 4 is 131 Å². The lowest BCUT2D eigenvalue weighted by Crippen LogP contribution is -1.94. The standard InChI is InChI=1S/2C25H19N.4C19H15N/c1-18-8-7-9-19(16-18)20-14-15-23-22-12-5-6-13-24(22)26(25(23)17-20)21-10-3-2-4-11-21;1-18-11-13-19(14-12-18)20-15-16-23-22-9-5-6-10-24(22)26(25(23)17-20)21-7-3-2-4-8-21;1-14-8-7-12-17-16-11-5-6-13-18(16)20(19(14)17)15-9-3-2-4-10-15;1-14-8-7-13-18-19(14)16-11-5-6-12-17(16)20(18)15-9-3-2-4-10-15;1-14-11-12-19-17(13-14)16-9-5-6-10-18(16)20(19)15-7-3-2-4-8-15;1-14-11-12-17-16-9-5-6-10-18(16)20(19(17)13-14)15-7-3-2-4-8-15/h2*2-17H,1H3;4*2-13H,1H3. The van der Waals surface area contributed by atoms with Gasteiger partial charge in [0, 0.05) is 98.8 Å². The summed E-state index contributed by atoms with van der Waals surface area (Å²) in [7, 11) is 0. The number of para-hydroxylation sites is 13. The van der Waals surface area contributed by atoms with E-state index in [1.54, 1.807) is 0 Å². The second-order valence-corrected chi connectivity index (χ2v) is 34.3. The molecule has 0 bridgehead atoms. The first-order chi connectivity index (χ1) is 65.0. The van der Waals surface area contributed by atoms with Crippen molar-refractivity contribution in [3.05, 3.63) is 519 Å². The van der Waals surface area contributed by atoms with Gasteiger partial charge in [0.1, 0.15) is 0 Å². The summed E-state index contributed by atoms with van der Waals surface area (Å²) < 4.78 is 14.1. The molecule has 0 saturated heterocycles. The Kier molecular flexibility index (Phi) is 22.5. The van der Waals surface area contributed by atoms with Crippen molar-refractivity contribution in [3.63, 3.8) is 0 Å². The van der Waals surface area contributed by atoms with Crippen LogP contribution in [0.2, 0.25) is 0 Å². The van der Waals surface area contributed by atoms with E-state index in [1.807, 2.05) is 0 Å². The molecule has 0 radical (unpaired) electrons. The Morgan fingerprint density at radius 3 is 0.848 bits per heavy atom. The predicted octanol–water partition coefficient (Wildman–Crippen LogP) is 33.9. The minimum absolute atomic E-state index is 1.19. The van der Waals surface area contributed by atoms with Gasteiger partial charge in [-0.05, 0) is 226 Å². The molecule has 6 heterocycles. The van der Waals surface area contributed by atoms with Crippen molar-refractivity contribution < 1.29 is 0 Å². The summed E-state index contributed by atoms with van der Waals surface area (Å²) in [4.78, 5) is 0. The van der Waals surface area contributed by atoms with Crippen LogP contribution in [-0.4, -0.2) is 27.4 Å². The van der Waals surface area contributed by atoms with Gasteiger partial charge in [0.05, 0.1) is 66.2 Å². The number of hydrogen-bond acceptors (Lipinski definition) is 0. The largest absolute Gasteiger partial charge is 0.309 e. The Balaban J connectivity index is 0.0000000959. The zero-order chi connectivity index (χ0) is 89.1. The summed E-state index contributed by atoms with van der Waals surface area (Å²) in [5.74, 6) is 0. The maximum absolute atomic E-state index is 2.37. The zero-order valence-electron chi connectivity index (χ0n) is 74.9. The molecule has 20 aromatic carbocycles. The first-order valence-electron chi connectivity index (χ1n) is 45.5. The van der Waals surface area contributed by atoms with Crippen LogP contribution < -0.4 is 0 Å². The Labute approximate surface area is 769 Å². The van der Waals surface area contributed by atoms with E-state index in [0.717, 1.165) is 0 Å². The van der Waals surface area contributed by atoms with Crippen LogP contribution in [0.5, 0.6) is 0 Å². The highest BCUT2D eigenvalue weighted by Crippen LogP contribution is 2.42. The van der Waals surface area contributed by atoms with Crippen LogP contribution in [0.25, 0.3) is 187 Å². The summed E-state index contributed by atoms with van der Waals surface area (Å²) in [6.07, 6.45) is 0. The van der Waals surface area contributed by atoms with Gasteiger partial charge in [-0.15, -0.1) is 0 Å².